The molecular formula is C20H26ClN3O3. The van der Waals surface area contributed by atoms with E-state index in [0.29, 0.717) is 22.2 Å². The van der Waals surface area contributed by atoms with E-state index in [0.717, 1.165) is 24.5 Å². The van der Waals surface area contributed by atoms with Crippen LogP contribution in [-0.2, 0) is 4.79 Å². The molecule has 1 amide bonds. The summed E-state index contributed by atoms with van der Waals surface area (Å²) in [6.45, 7) is 6.20. The van der Waals surface area contributed by atoms with Crippen LogP contribution in [0.1, 0.15) is 13.8 Å². The summed E-state index contributed by atoms with van der Waals surface area (Å²) in [6, 6.07) is 11.2. The Bertz CT molecular complexity index is 762. The predicted molar refractivity (Wildman–Crippen MR) is 112 cm³/mol. The van der Waals surface area contributed by atoms with Crippen LogP contribution in [0, 0.1) is 0 Å². The summed E-state index contributed by atoms with van der Waals surface area (Å²) in [5, 5.41) is 6.37. The second kappa shape index (κ2) is 9.92. The minimum atomic E-state index is -0.165. The molecule has 0 fully saturated rings. The fourth-order valence-electron chi connectivity index (χ4n) is 2.72. The molecule has 0 heterocycles. The molecule has 0 aromatic heterocycles. The van der Waals surface area contributed by atoms with Crippen LogP contribution in [0.4, 0.5) is 17.1 Å². The van der Waals surface area contributed by atoms with Gasteiger partial charge in [0.25, 0.3) is 0 Å². The predicted octanol–water partition coefficient (Wildman–Crippen LogP) is 4.25. The second-order valence-corrected chi connectivity index (χ2v) is 6.22. The van der Waals surface area contributed by atoms with Gasteiger partial charge in [0.1, 0.15) is 11.5 Å². The zero-order valence-electron chi connectivity index (χ0n) is 16.1. The van der Waals surface area contributed by atoms with Crippen LogP contribution in [0.2, 0.25) is 5.02 Å². The van der Waals surface area contributed by atoms with Crippen LogP contribution in [-0.4, -0.2) is 39.8 Å². The maximum atomic E-state index is 12.3. The van der Waals surface area contributed by atoms with E-state index in [-0.39, 0.29) is 12.5 Å². The van der Waals surface area contributed by atoms with Gasteiger partial charge in [0, 0.05) is 36.6 Å². The van der Waals surface area contributed by atoms with Crippen molar-refractivity contribution in [2.24, 2.45) is 0 Å². The van der Waals surface area contributed by atoms with Crippen molar-refractivity contribution >= 4 is 34.6 Å². The van der Waals surface area contributed by atoms with Gasteiger partial charge in [-0.25, -0.2) is 0 Å². The van der Waals surface area contributed by atoms with Gasteiger partial charge in [0.15, 0.2) is 0 Å². The highest BCUT2D eigenvalue weighted by Crippen LogP contribution is 2.35. The molecule has 2 aromatic carbocycles. The number of anilines is 3. The zero-order valence-corrected chi connectivity index (χ0v) is 16.9. The molecular weight excluding hydrogens is 366 g/mol. The number of nitrogens with one attached hydrogen (secondary N) is 2. The Morgan fingerprint density at radius 3 is 2.22 bits per heavy atom. The third-order valence-electron chi connectivity index (χ3n) is 4.19. The topological polar surface area (TPSA) is 62.8 Å². The van der Waals surface area contributed by atoms with Gasteiger partial charge in [-0.15, -0.1) is 0 Å². The van der Waals surface area contributed by atoms with E-state index in [4.69, 9.17) is 21.1 Å². The van der Waals surface area contributed by atoms with Crippen molar-refractivity contribution in [3.05, 3.63) is 41.4 Å². The summed E-state index contributed by atoms with van der Waals surface area (Å²) < 4.78 is 10.5. The first-order valence-electron chi connectivity index (χ1n) is 8.82. The van der Waals surface area contributed by atoms with Crippen molar-refractivity contribution in [1.82, 2.24) is 0 Å². The van der Waals surface area contributed by atoms with Gasteiger partial charge in [-0.1, -0.05) is 11.6 Å². The van der Waals surface area contributed by atoms with E-state index in [1.54, 1.807) is 19.2 Å². The number of benzene rings is 2. The summed E-state index contributed by atoms with van der Waals surface area (Å²) >= 11 is 6.09. The van der Waals surface area contributed by atoms with Crippen molar-refractivity contribution in [3.8, 4) is 11.5 Å². The van der Waals surface area contributed by atoms with Gasteiger partial charge in [-0.05, 0) is 38.1 Å². The molecule has 0 aliphatic rings. The highest BCUT2D eigenvalue weighted by molar-refractivity contribution is 6.32. The fourth-order valence-corrected chi connectivity index (χ4v) is 2.95. The van der Waals surface area contributed by atoms with E-state index in [2.05, 4.69) is 29.4 Å². The Labute approximate surface area is 165 Å². The number of halogens is 1. The van der Waals surface area contributed by atoms with Gasteiger partial charge in [0.05, 0.1) is 31.5 Å². The van der Waals surface area contributed by atoms with Crippen molar-refractivity contribution in [1.29, 1.82) is 0 Å². The molecule has 27 heavy (non-hydrogen) atoms. The minimum Gasteiger partial charge on any atom is -0.495 e. The first-order chi connectivity index (χ1) is 13.0. The van der Waals surface area contributed by atoms with Crippen LogP contribution in [0.15, 0.2) is 36.4 Å². The standard InChI is InChI=1S/C20H26ClN3O3/c1-5-24(6-2)15-9-7-14(8-10-15)23-20(25)13-22-17-12-18(26-3)16(21)11-19(17)27-4/h7-12,22H,5-6,13H2,1-4H3,(H,23,25). The maximum absolute atomic E-state index is 12.3. The number of nitrogens with zero attached hydrogens (tertiary/aromatic N) is 1. The molecule has 0 atom stereocenters. The molecule has 146 valence electrons. The third-order valence-corrected chi connectivity index (χ3v) is 4.49. The number of amides is 1. The Kier molecular flexibility index (Phi) is 7.61. The molecule has 0 spiro atoms. The summed E-state index contributed by atoms with van der Waals surface area (Å²) in [5.41, 5.74) is 2.51. The molecule has 2 aromatic rings. The number of carbonyl (C=O) groups is 1. The molecule has 0 unspecified atom stereocenters. The van der Waals surface area contributed by atoms with Crippen molar-refractivity contribution < 1.29 is 14.3 Å². The van der Waals surface area contributed by atoms with Crippen molar-refractivity contribution in [3.63, 3.8) is 0 Å². The van der Waals surface area contributed by atoms with Gasteiger partial charge < -0.3 is 25.0 Å². The van der Waals surface area contributed by atoms with Crippen molar-refractivity contribution in [2.75, 3.05) is 49.4 Å². The summed E-state index contributed by atoms with van der Waals surface area (Å²) in [7, 11) is 3.08. The number of methoxy groups -OCH3 is 2. The van der Waals surface area contributed by atoms with Crippen LogP contribution >= 0.6 is 11.6 Å². The lowest BCUT2D eigenvalue weighted by Gasteiger charge is -2.21. The van der Waals surface area contributed by atoms with Gasteiger partial charge >= 0.3 is 0 Å². The average molecular weight is 392 g/mol. The van der Waals surface area contributed by atoms with Crippen LogP contribution in [0.25, 0.3) is 0 Å². The Morgan fingerprint density at radius 2 is 1.67 bits per heavy atom. The smallest absolute Gasteiger partial charge is 0.243 e. The monoisotopic (exact) mass is 391 g/mol. The number of ether oxygens (including phenoxy) is 2. The van der Waals surface area contributed by atoms with Gasteiger partial charge in [0.2, 0.25) is 5.91 Å². The first-order valence-corrected chi connectivity index (χ1v) is 9.20. The lowest BCUT2D eigenvalue weighted by Crippen LogP contribution is -2.23. The van der Waals surface area contributed by atoms with E-state index < -0.39 is 0 Å². The normalized spacial score (nSPS) is 10.3. The molecule has 2 N–H and O–H groups in total. The zero-order chi connectivity index (χ0) is 19.8. The molecule has 7 heteroatoms. The summed E-state index contributed by atoms with van der Waals surface area (Å²) in [5.74, 6) is 0.881. The largest absolute Gasteiger partial charge is 0.495 e. The molecule has 0 saturated heterocycles. The number of carbonyl (C=O) groups excluding carboxylic acids is 1. The van der Waals surface area contributed by atoms with E-state index in [1.807, 2.05) is 24.3 Å². The SMILES string of the molecule is CCN(CC)c1ccc(NC(=O)CNc2cc(OC)c(Cl)cc2OC)cc1. The van der Waals surface area contributed by atoms with E-state index >= 15 is 0 Å². The number of hydrogen-bond donors (Lipinski definition) is 2. The number of rotatable bonds is 9. The van der Waals surface area contributed by atoms with Crippen molar-refractivity contribution in [2.45, 2.75) is 13.8 Å². The second-order valence-electron chi connectivity index (χ2n) is 5.81. The lowest BCUT2D eigenvalue weighted by atomic mass is 10.2. The van der Waals surface area contributed by atoms with Crippen LogP contribution < -0.4 is 25.0 Å². The Balaban J connectivity index is 1.98. The third kappa shape index (κ3) is 5.44. The molecule has 0 bridgehead atoms. The molecule has 0 radical (unpaired) electrons. The average Bonchev–Trinajstić information content (AvgIpc) is 2.68. The molecule has 0 aliphatic carbocycles. The summed E-state index contributed by atoms with van der Waals surface area (Å²) in [4.78, 5) is 14.5. The number of hydrogen-bond acceptors (Lipinski definition) is 5. The van der Waals surface area contributed by atoms with E-state index in [9.17, 15) is 4.79 Å². The highest BCUT2D eigenvalue weighted by atomic mass is 35.5. The Hall–Kier alpha value is -2.60. The minimum absolute atomic E-state index is 0.0823. The van der Waals surface area contributed by atoms with Crippen LogP contribution in [0.5, 0.6) is 11.5 Å². The van der Waals surface area contributed by atoms with Gasteiger partial charge in [-0.2, -0.15) is 0 Å². The lowest BCUT2D eigenvalue weighted by molar-refractivity contribution is -0.114. The molecule has 6 nitrogen and oxygen atoms in total. The first kappa shape index (κ1) is 20.7. The maximum Gasteiger partial charge on any atom is 0.243 e. The van der Waals surface area contributed by atoms with Crippen LogP contribution in [0.3, 0.4) is 0 Å². The Morgan fingerprint density at radius 1 is 1.04 bits per heavy atom. The van der Waals surface area contributed by atoms with Gasteiger partial charge in [-0.3, -0.25) is 4.79 Å². The molecule has 0 aliphatic heterocycles. The quantitative estimate of drug-likeness (QED) is 0.669. The molecule has 2 rings (SSSR count). The van der Waals surface area contributed by atoms with E-state index in [1.165, 1.54) is 7.11 Å². The molecule has 0 saturated carbocycles. The summed E-state index contributed by atoms with van der Waals surface area (Å²) in [6.07, 6.45) is 0. The fraction of sp³-hybridized carbons (Fsp3) is 0.350. The highest BCUT2D eigenvalue weighted by Gasteiger charge is 2.11.